The van der Waals surface area contributed by atoms with E-state index in [4.69, 9.17) is 4.74 Å². The quantitative estimate of drug-likeness (QED) is 0.613. The van der Waals surface area contributed by atoms with E-state index in [2.05, 4.69) is 10.3 Å². The van der Waals surface area contributed by atoms with Gasteiger partial charge in [-0.2, -0.15) is 4.31 Å². The molecule has 1 aromatic carbocycles. The van der Waals surface area contributed by atoms with Gasteiger partial charge in [-0.15, -0.1) is 0 Å². The molecule has 0 radical (unpaired) electrons. The Kier molecular flexibility index (Phi) is 7.14. The van der Waals surface area contributed by atoms with E-state index in [1.165, 1.54) is 11.4 Å². The number of nitrogens with zero attached hydrogens (tertiary/aromatic N) is 3. The van der Waals surface area contributed by atoms with Gasteiger partial charge in [0.05, 0.1) is 22.3 Å². The van der Waals surface area contributed by atoms with Gasteiger partial charge in [0.15, 0.2) is 6.61 Å². The highest BCUT2D eigenvalue weighted by molar-refractivity contribution is 7.89. The van der Waals surface area contributed by atoms with Crippen molar-refractivity contribution < 1.29 is 22.7 Å². The average molecular weight is 410 g/mol. The Morgan fingerprint density at radius 2 is 1.93 bits per heavy atom. The van der Waals surface area contributed by atoms with E-state index < -0.39 is 16.0 Å². The Bertz CT molecular complexity index is 964. The molecule has 1 heterocycles. The standard InChI is InChI=1S/C18H26N4O5S/c1-5-22(6-2)28(25,26)13-7-8-15-14(11-13)20-16(21(15)4)9-10-18(24)27-12-17(23)19-3/h7-8,11H,5-6,9-10,12H2,1-4H3,(H,19,23). The van der Waals surface area contributed by atoms with Crippen LogP contribution >= 0.6 is 0 Å². The maximum absolute atomic E-state index is 12.7. The maximum Gasteiger partial charge on any atom is 0.306 e. The van der Waals surface area contributed by atoms with Gasteiger partial charge in [0.25, 0.3) is 5.91 Å². The normalized spacial score (nSPS) is 11.8. The highest BCUT2D eigenvalue weighted by Gasteiger charge is 2.22. The van der Waals surface area contributed by atoms with E-state index in [1.807, 2.05) is 4.57 Å². The summed E-state index contributed by atoms with van der Waals surface area (Å²) in [5.41, 5.74) is 1.32. The molecule has 0 aliphatic rings. The van der Waals surface area contributed by atoms with Gasteiger partial charge in [0, 0.05) is 33.6 Å². The minimum absolute atomic E-state index is 0.0682. The van der Waals surface area contributed by atoms with Gasteiger partial charge in [-0.3, -0.25) is 9.59 Å². The molecule has 28 heavy (non-hydrogen) atoms. The van der Waals surface area contributed by atoms with Crippen molar-refractivity contribution in [3.05, 3.63) is 24.0 Å². The minimum Gasteiger partial charge on any atom is -0.456 e. The first-order chi connectivity index (χ1) is 13.2. The minimum atomic E-state index is -3.57. The molecule has 154 valence electrons. The van der Waals surface area contributed by atoms with Crippen molar-refractivity contribution in [2.75, 3.05) is 26.7 Å². The van der Waals surface area contributed by atoms with E-state index in [-0.39, 0.29) is 23.8 Å². The third-order valence-electron chi connectivity index (χ3n) is 4.48. The van der Waals surface area contributed by atoms with Crippen molar-refractivity contribution in [3.8, 4) is 0 Å². The summed E-state index contributed by atoms with van der Waals surface area (Å²) in [6, 6.07) is 4.83. The zero-order chi connectivity index (χ0) is 20.9. The number of fused-ring (bicyclic) bond motifs is 1. The molecule has 0 spiro atoms. The second kappa shape index (κ2) is 9.16. The predicted molar refractivity (Wildman–Crippen MR) is 104 cm³/mol. The van der Waals surface area contributed by atoms with Crippen LogP contribution in [0.2, 0.25) is 0 Å². The summed E-state index contributed by atoms with van der Waals surface area (Å²) in [4.78, 5) is 27.5. The monoisotopic (exact) mass is 410 g/mol. The van der Waals surface area contributed by atoms with Crippen molar-refractivity contribution in [2.24, 2.45) is 7.05 Å². The fourth-order valence-corrected chi connectivity index (χ4v) is 4.31. The Morgan fingerprint density at radius 3 is 2.54 bits per heavy atom. The zero-order valence-electron chi connectivity index (χ0n) is 16.6. The van der Waals surface area contributed by atoms with E-state index in [0.29, 0.717) is 30.9 Å². The molecular formula is C18H26N4O5S. The number of amides is 1. The third-order valence-corrected chi connectivity index (χ3v) is 6.53. The van der Waals surface area contributed by atoms with E-state index in [9.17, 15) is 18.0 Å². The molecule has 0 saturated heterocycles. The molecule has 0 aliphatic carbocycles. The van der Waals surface area contributed by atoms with Crippen molar-refractivity contribution in [1.82, 2.24) is 19.2 Å². The molecule has 1 aromatic heterocycles. The molecule has 9 nitrogen and oxygen atoms in total. The number of aryl methyl sites for hydroxylation is 2. The molecule has 0 bridgehead atoms. The number of carbonyl (C=O) groups excluding carboxylic acids is 2. The number of benzene rings is 1. The predicted octanol–water partition coefficient (Wildman–Crippen LogP) is 0.826. The third kappa shape index (κ3) is 4.68. The molecule has 2 aromatic rings. The first-order valence-corrected chi connectivity index (χ1v) is 10.5. The number of esters is 1. The Balaban J connectivity index is 2.19. The van der Waals surface area contributed by atoms with Gasteiger partial charge >= 0.3 is 5.97 Å². The highest BCUT2D eigenvalue weighted by atomic mass is 32.2. The summed E-state index contributed by atoms with van der Waals surface area (Å²) in [5.74, 6) is -0.247. The lowest BCUT2D eigenvalue weighted by Crippen LogP contribution is -2.30. The Labute approximate surface area is 164 Å². The van der Waals surface area contributed by atoms with Crippen LogP contribution < -0.4 is 5.32 Å². The van der Waals surface area contributed by atoms with Gasteiger partial charge in [-0.1, -0.05) is 13.8 Å². The van der Waals surface area contributed by atoms with Crippen molar-refractivity contribution in [2.45, 2.75) is 31.6 Å². The number of imidazole rings is 1. The Hall–Kier alpha value is -2.46. The molecule has 0 saturated carbocycles. The summed E-state index contributed by atoms with van der Waals surface area (Å²) >= 11 is 0. The Morgan fingerprint density at radius 1 is 1.25 bits per heavy atom. The van der Waals surface area contributed by atoms with Gasteiger partial charge in [-0.25, -0.2) is 13.4 Å². The van der Waals surface area contributed by atoms with Crippen LogP contribution in [0.25, 0.3) is 11.0 Å². The molecular weight excluding hydrogens is 384 g/mol. The van der Waals surface area contributed by atoms with E-state index in [0.717, 1.165) is 5.52 Å². The molecule has 0 fully saturated rings. The molecule has 0 aliphatic heterocycles. The average Bonchev–Trinajstić information content (AvgIpc) is 3.00. The summed E-state index contributed by atoms with van der Waals surface area (Å²) in [6.45, 7) is 4.05. The number of sulfonamides is 1. The van der Waals surface area contributed by atoms with Crippen LogP contribution in [-0.4, -0.2) is 60.9 Å². The van der Waals surface area contributed by atoms with Gasteiger partial charge in [0.1, 0.15) is 5.82 Å². The first kappa shape index (κ1) is 21.8. The molecule has 1 amide bonds. The lowest BCUT2D eigenvalue weighted by atomic mass is 10.3. The number of likely N-dealkylation sites (N-methyl/N-ethyl adjacent to an activating group) is 1. The summed E-state index contributed by atoms with van der Waals surface area (Å²) in [7, 11) is -0.301. The second-order valence-corrected chi connectivity index (χ2v) is 8.10. The maximum atomic E-state index is 12.7. The number of rotatable bonds is 9. The van der Waals surface area contributed by atoms with Crippen LogP contribution in [0.3, 0.4) is 0 Å². The largest absolute Gasteiger partial charge is 0.456 e. The van der Waals surface area contributed by atoms with Crippen LogP contribution in [0, 0.1) is 0 Å². The molecule has 1 N–H and O–H groups in total. The van der Waals surface area contributed by atoms with Gasteiger partial charge in [-0.05, 0) is 18.2 Å². The SMILES string of the molecule is CCN(CC)S(=O)(=O)c1ccc2c(c1)nc(CCC(=O)OCC(=O)NC)n2C. The lowest BCUT2D eigenvalue weighted by Gasteiger charge is -2.18. The topological polar surface area (TPSA) is 111 Å². The molecule has 2 rings (SSSR count). The van der Waals surface area contributed by atoms with Crippen molar-refractivity contribution >= 4 is 32.9 Å². The fraction of sp³-hybridized carbons (Fsp3) is 0.500. The van der Waals surface area contributed by atoms with E-state index in [1.54, 1.807) is 39.1 Å². The smallest absolute Gasteiger partial charge is 0.306 e. The summed E-state index contributed by atoms with van der Waals surface area (Å²) in [5, 5.41) is 2.37. The van der Waals surface area contributed by atoms with Crippen LogP contribution in [-0.2, 0) is 37.8 Å². The first-order valence-electron chi connectivity index (χ1n) is 9.06. The van der Waals surface area contributed by atoms with Crippen LogP contribution in [0.5, 0.6) is 0 Å². The second-order valence-electron chi connectivity index (χ2n) is 6.16. The molecule has 0 atom stereocenters. The highest BCUT2D eigenvalue weighted by Crippen LogP contribution is 2.22. The number of nitrogens with one attached hydrogen (secondary N) is 1. The lowest BCUT2D eigenvalue weighted by molar-refractivity contribution is -0.148. The van der Waals surface area contributed by atoms with Gasteiger partial charge < -0.3 is 14.6 Å². The molecule has 0 unspecified atom stereocenters. The zero-order valence-corrected chi connectivity index (χ0v) is 17.4. The fourth-order valence-electron chi connectivity index (χ4n) is 2.83. The number of aromatic nitrogens is 2. The van der Waals surface area contributed by atoms with Crippen molar-refractivity contribution in [3.63, 3.8) is 0 Å². The van der Waals surface area contributed by atoms with Crippen molar-refractivity contribution in [1.29, 1.82) is 0 Å². The van der Waals surface area contributed by atoms with E-state index >= 15 is 0 Å². The number of ether oxygens (including phenoxy) is 1. The van der Waals surface area contributed by atoms with Crippen LogP contribution in [0.4, 0.5) is 0 Å². The van der Waals surface area contributed by atoms with Crippen LogP contribution in [0.15, 0.2) is 23.1 Å². The number of hydrogen-bond donors (Lipinski definition) is 1. The number of carbonyl (C=O) groups is 2. The van der Waals surface area contributed by atoms with Crippen LogP contribution in [0.1, 0.15) is 26.1 Å². The van der Waals surface area contributed by atoms with Gasteiger partial charge in [0.2, 0.25) is 10.0 Å². The summed E-state index contributed by atoms with van der Waals surface area (Å²) < 4.78 is 33.5. The number of hydrogen-bond acceptors (Lipinski definition) is 6. The molecule has 10 heteroatoms. The summed E-state index contributed by atoms with van der Waals surface area (Å²) in [6.07, 6.45) is 0.384.